The maximum Gasteiger partial charge on any atom is 0.264 e. The van der Waals surface area contributed by atoms with Gasteiger partial charge in [0.25, 0.3) is 11.8 Å². The molecular weight excluding hydrogens is 694 g/mol. The first-order valence-corrected chi connectivity index (χ1v) is 20.7. The van der Waals surface area contributed by atoms with Gasteiger partial charge < -0.3 is 38.5 Å². The van der Waals surface area contributed by atoms with E-state index in [2.05, 4.69) is 5.32 Å². The fraction of sp³-hybridized carbons (Fsp3) is 0.341. The Morgan fingerprint density at radius 2 is 1.62 bits per heavy atom. The SMILES string of the molecule is COc1ccc(C(=O)Nc2cccc(CN3C(=O)[C@]4(O[C@H](CC(=O)N(CCO)Cc5ccccc5)[C@@H]([Si](C)(C)F)[C@@H]4C)c4cc(OC)ccc43)c2)cc1. The van der Waals surface area contributed by atoms with Gasteiger partial charge in [-0.25, -0.2) is 0 Å². The van der Waals surface area contributed by atoms with Crippen molar-refractivity contribution in [2.45, 2.75) is 56.8 Å². The molecule has 0 aliphatic carbocycles. The van der Waals surface area contributed by atoms with Crippen molar-refractivity contribution in [2.24, 2.45) is 5.92 Å². The van der Waals surface area contributed by atoms with E-state index in [1.165, 1.54) is 7.11 Å². The number of carbonyl (C=O) groups excluding carboxylic acids is 3. The van der Waals surface area contributed by atoms with E-state index >= 15 is 4.11 Å². The third-order valence-corrected chi connectivity index (χ3v) is 12.8. The van der Waals surface area contributed by atoms with E-state index in [0.717, 1.165) is 11.1 Å². The smallest absolute Gasteiger partial charge is 0.264 e. The monoisotopic (exact) mass is 739 g/mol. The Hall–Kier alpha value is -5.04. The molecule has 4 aromatic carbocycles. The Morgan fingerprint density at radius 1 is 0.943 bits per heavy atom. The van der Waals surface area contributed by atoms with Crippen molar-refractivity contribution < 1.29 is 37.8 Å². The number of hydrogen-bond acceptors (Lipinski definition) is 7. The first-order chi connectivity index (χ1) is 25.4. The summed E-state index contributed by atoms with van der Waals surface area (Å²) in [6.45, 7) is 5.34. The summed E-state index contributed by atoms with van der Waals surface area (Å²) in [5.74, 6) is -0.397. The molecule has 6 rings (SSSR count). The van der Waals surface area contributed by atoms with Gasteiger partial charge in [-0.2, -0.15) is 0 Å². The topological polar surface area (TPSA) is 118 Å². The van der Waals surface area contributed by atoms with Crippen molar-refractivity contribution >= 4 is 37.5 Å². The van der Waals surface area contributed by atoms with Crippen LogP contribution in [0.25, 0.3) is 0 Å². The number of aliphatic hydroxyl groups excluding tert-OH is 1. The number of hydrogen-bond donors (Lipinski definition) is 2. The molecular formula is C41H46FN3O7Si. The van der Waals surface area contributed by atoms with E-state index in [-0.39, 0.29) is 50.4 Å². The number of aliphatic hydroxyl groups is 1. The summed E-state index contributed by atoms with van der Waals surface area (Å²) in [5.41, 5.74) is 1.56. The zero-order chi connectivity index (χ0) is 37.9. The van der Waals surface area contributed by atoms with Crippen LogP contribution in [0.4, 0.5) is 15.5 Å². The molecule has 4 aromatic rings. The van der Waals surface area contributed by atoms with Gasteiger partial charge in [-0.1, -0.05) is 49.4 Å². The highest BCUT2D eigenvalue weighted by Gasteiger charge is 2.67. The van der Waals surface area contributed by atoms with Crippen molar-refractivity contribution in [2.75, 3.05) is 37.6 Å². The molecule has 0 radical (unpaired) electrons. The Balaban J connectivity index is 1.30. The first-order valence-electron chi connectivity index (χ1n) is 17.7. The lowest BCUT2D eigenvalue weighted by Gasteiger charge is -2.31. The fourth-order valence-electron chi connectivity index (χ4n) is 7.90. The largest absolute Gasteiger partial charge is 0.497 e. The summed E-state index contributed by atoms with van der Waals surface area (Å²) in [6.07, 6.45) is -1.03. The molecule has 12 heteroatoms. The minimum Gasteiger partial charge on any atom is -0.497 e. The van der Waals surface area contributed by atoms with Gasteiger partial charge >= 0.3 is 0 Å². The average Bonchev–Trinajstić information content (AvgIpc) is 3.57. The number of rotatable bonds is 13. The van der Waals surface area contributed by atoms with E-state index in [9.17, 15) is 19.5 Å². The highest BCUT2D eigenvalue weighted by molar-refractivity contribution is 6.72. The summed E-state index contributed by atoms with van der Waals surface area (Å²) in [6, 6.07) is 28.9. The number of nitrogens with zero attached hydrogens (tertiary/aromatic N) is 2. The third-order valence-electron chi connectivity index (χ3n) is 10.4. The van der Waals surface area contributed by atoms with E-state index in [1.54, 1.807) is 84.6 Å². The minimum absolute atomic E-state index is 0.106. The molecule has 4 atom stereocenters. The quantitative estimate of drug-likeness (QED) is 0.116. The van der Waals surface area contributed by atoms with Crippen molar-refractivity contribution in [3.05, 3.63) is 119 Å². The van der Waals surface area contributed by atoms with Crippen molar-refractivity contribution in [3.8, 4) is 11.5 Å². The van der Waals surface area contributed by atoms with Crippen LogP contribution in [0.1, 0.15) is 40.4 Å². The summed E-state index contributed by atoms with van der Waals surface area (Å²) in [4.78, 5) is 45.1. The van der Waals surface area contributed by atoms with Crippen molar-refractivity contribution in [1.29, 1.82) is 0 Å². The molecule has 0 aromatic heterocycles. The predicted octanol–water partition coefficient (Wildman–Crippen LogP) is 6.69. The lowest BCUT2D eigenvalue weighted by molar-refractivity contribution is -0.150. The Labute approximate surface area is 310 Å². The molecule has 1 saturated heterocycles. The number of halogens is 1. The minimum atomic E-state index is -3.56. The van der Waals surface area contributed by atoms with Gasteiger partial charge in [-0.3, -0.25) is 14.4 Å². The average molecular weight is 740 g/mol. The molecule has 10 nitrogen and oxygen atoms in total. The molecule has 3 amide bonds. The molecule has 2 aliphatic rings. The molecule has 278 valence electrons. The summed E-state index contributed by atoms with van der Waals surface area (Å²) in [5, 5.41) is 12.8. The number of fused-ring (bicyclic) bond motifs is 2. The first kappa shape index (κ1) is 37.7. The van der Waals surface area contributed by atoms with Crippen LogP contribution in [0.15, 0.2) is 97.1 Å². The number of nitrogens with one attached hydrogen (secondary N) is 1. The van der Waals surface area contributed by atoms with Gasteiger partial charge in [0.15, 0.2) is 5.60 Å². The summed E-state index contributed by atoms with van der Waals surface area (Å²) < 4.78 is 34.1. The third kappa shape index (κ3) is 7.57. The van der Waals surface area contributed by atoms with E-state index in [0.29, 0.717) is 34.0 Å². The van der Waals surface area contributed by atoms with Crippen LogP contribution in [0.3, 0.4) is 0 Å². The van der Waals surface area contributed by atoms with Crippen LogP contribution >= 0.6 is 0 Å². The van der Waals surface area contributed by atoms with E-state index in [4.69, 9.17) is 14.2 Å². The molecule has 0 unspecified atom stereocenters. The van der Waals surface area contributed by atoms with E-state index in [1.807, 2.05) is 49.4 Å². The maximum atomic E-state index is 16.5. The highest BCUT2D eigenvalue weighted by Crippen LogP contribution is 2.60. The highest BCUT2D eigenvalue weighted by atomic mass is 28.4. The Bertz CT molecular complexity index is 1960. The number of amides is 3. The lowest BCUT2D eigenvalue weighted by atomic mass is 9.82. The second-order valence-corrected chi connectivity index (χ2v) is 18.0. The number of anilines is 2. The van der Waals surface area contributed by atoms with Crippen LogP contribution in [0.5, 0.6) is 11.5 Å². The van der Waals surface area contributed by atoms with Gasteiger partial charge in [-0.05, 0) is 78.8 Å². The van der Waals surface area contributed by atoms with Crippen LogP contribution in [0, 0.1) is 5.92 Å². The van der Waals surface area contributed by atoms with Crippen LogP contribution in [-0.2, 0) is 33.0 Å². The molecule has 1 spiro atoms. The van der Waals surface area contributed by atoms with Crippen molar-refractivity contribution in [1.82, 2.24) is 4.90 Å². The molecule has 2 heterocycles. The summed E-state index contributed by atoms with van der Waals surface area (Å²) in [7, 11) is -0.458. The molecule has 0 bridgehead atoms. The van der Waals surface area contributed by atoms with Crippen LogP contribution in [0.2, 0.25) is 18.6 Å². The zero-order valence-corrected chi connectivity index (χ0v) is 31.7. The molecule has 2 aliphatic heterocycles. The van der Waals surface area contributed by atoms with Gasteiger partial charge in [0.05, 0.1) is 45.6 Å². The lowest BCUT2D eigenvalue weighted by Crippen LogP contribution is -2.45. The van der Waals surface area contributed by atoms with Crippen molar-refractivity contribution in [3.63, 3.8) is 0 Å². The second kappa shape index (κ2) is 15.5. The normalized spacial score (nSPS) is 20.7. The molecule has 53 heavy (non-hydrogen) atoms. The Kier molecular flexibility index (Phi) is 11.0. The molecule has 1 fully saturated rings. The number of ether oxygens (including phenoxy) is 3. The predicted molar refractivity (Wildman–Crippen MR) is 203 cm³/mol. The van der Waals surface area contributed by atoms with Gasteiger partial charge in [0, 0.05) is 41.4 Å². The van der Waals surface area contributed by atoms with Crippen LogP contribution in [-0.4, -0.2) is 69.6 Å². The van der Waals surface area contributed by atoms with E-state index < -0.39 is 31.6 Å². The molecule has 2 N–H and O–H groups in total. The van der Waals surface area contributed by atoms with Gasteiger partial charge in [0.2, 0.25) is 14.3 Å². The second-order valence-electron chi connectivity index (χ2n) is 14.2. The molecule has 0 saturated carbocycles. The number of methoxy groups -OCH3 is 2. The fourth-order valence-corrected chi connectivity index (χ4v) is 10.4. The summed E-state index contributed by atoms with van der Waals surface area (Å²) >= 11 is 0. The van der Waals surface area contributed by atoms with Crippen LogP contribution < -0.4 is 19.7 Å². The maximum absolute atomic E-state index is 16.5. The standard InChI is InChI=1S/C41H46FN3O7Si/c1-27-38(53(4,5)42)36(24-37(47)44(20-21-46)25-28-10-7-6-8-11-28)52-41(27)34-23-33(51-3)18-19-35(34)45(40(41)49)26-29-12-9-13-31(22-29)43-39(48)30-14-16-32(50-2)17-15-30/h6-19,22-23,27,36,38,46H,20-21,24-26H2,1-5H3,(H,43,48)/t27-,36+,38-,41+/m0/s1. The number of carbonyl (C=O) groups is 3. The van der Waals surface area contributed by atoms with Gasteiger partial charge in [0.1, 0.15) is 11.5 Å². The van der Waals surface area contributed by atoms with Gasteiger partial charge in [-0.15, -0.1) is 0 Å². The Morgan fingerprint density at radius 3 is 2.28 bits per heavy atom. The zero-order valence-electron chi connectivity index (χ0n) is 30.7. The number of benzene rings is 4.